The predicted molar refractivity (Wildman–Crippen MR) is 87.5 cm³/mol. The molecular weight excluding hydrogens is 246 g/mol. The molecule has 2 aromatic rings. The summed E-state index contributed by atoms with van der Waals surface area (Å²) in [6.07, 6.45) is 3.42. The van der Waals surface area contributed by atoms with Crippen molar-refractivity contribution in [1.29, 1.82) is 0 Å². The van der Waals surface area contributed by atoms with Crippen LogP contribution in [0.25, 0.3) is 11.1 Å². The van der Waals surface area contributed by atoms with Crippen LogP contribution in [-0.2, 0) is 4.74 Å². The van der Waals surface area contributed by atoms with Gasteiger partial charge in [-0.3, -0.25) is 0 Å². The smallest absolute Gasteiger partial charge is 0.0649 e. The lowest BCUT2D eigenvalue weighted by Crippen LogP contribution is -1.88. The van der Waals surface area contributed by atoms with Crippen molar-refractivity contribution in [3.63, 3.8) is 0 Å². The lowest BCUT2D eigenvalue weighted by molar-refractivity contribution is 0.194. The van der Waals surface area contributed by atoms with Gasteiger partial charge in [0.05, 0.1) is 13.2 Å². The van der Waals surface area contributed by atoms with E-state index >= 15 is 0 Å². The number of hydrogen-bond donors (Lipinski definition) is 1. The van der Waals surface area contributed by atoms with Gasteiger partial charge in [-0.15, -0.1) is 13.2 Å². The Balaban J connectivity index is 0.000000246. The second-order valence-corrected chi connectivity index (χ2v) is 4.07. The van der Waals surface area contributed by atoms with E-state index in [1.807, 2.05) is 42.5 Å². The molecular formula is C18H21NO. The summed E-state index contributed by atoms with van der Waals surface area (Å²) in [4.78, 5) is 0. The molecule has 2 nitrogen and oxygen atoms in total. The first-order chi connectivity index (χ1) is 9.79. The molecule has 0 aliphatic rings. The van der Waals surface area contributed by atoms with Crippen molar-refractivity contribution < 1.29 is 4.74 Å². The summed E-state index contributed by atoms with van der Waals surface area (Å²) < 4.78 is 4.90. The zero-order valence-corrected chi connectivity index (χ0v) is 11.7. The molecule has 0 aliphatic heterocycles. The highest BCUT2D eigenvalue weighted by molar-refractivity contribution is 5.75. The highest BCUT2D eigenvalue weighted by Crippen LogP contribution is 2.24. The molecule has 0 unspecified atom stereocenters. The minimum Gasteiger partial charge on any atom is -0.398 e. The van der Waals surface area contributed by atoms with Crippen LogP contribution in [0.5, 0.6) is 0 Å². The van der Waals surface area contributed by atoms with E-state index in [1.54, 1.807) is 12.2 Å². The van der Waals surface area contributed by atoms with Gasteiger partial charge in [0.15, 0.2) is 0 Å². The molecule has 0 aromatic heterocycles. The number of nitrogens with two attached hydrogens (primary N) is 1. The molecule has 20 heavy (non-hydrogen) atoms. The maximum Gasteiger partial charge on any atom is 0.0649 e. The molecule has 0 atom stereocenters. The molecule has 0 amide bonds. The summed E-state index contributed by atoms with van der Waals surface area (Å²) in [5.74, 6) is 0. The van der Waals surface area contributed by atoms with Crippen LogP contribution in [0.2, 0.25) is 0 Å². The molecule has 0 saturated heterocycles. The van der Waals surface area contributed by atoms with Crippen LogP contribution in [-0.4, -0.2) is 13.2 Å². The van der Waals surface area contributed by atoms with Crippen molar-refractivity contribution >= 4 is 5.69 Å². The van der Waals surface area contributed by atoms with E-state index in [4.69, 9.17) is 10.5 Å². The third kappa shape index (κ3) is 5.55. The minimum absolute atomic E-state index is 0.617. The van der Waals surface area contributed by atoms with Gasteiger partial charge in [0.2, 0.25) is 0 Å². The first-order valence-corrected chi connectivity index (χ1v) is 6.49. The third-order valence-electron chi connectivity index (χ3n) is 2.52. The first kappa shape index (κ1) is 15.7. The maximum atomic E-state index is 5.85. The topological polar surface area (TPSA) is 35.2 Å². The lowest BCUT2D eigenvalue weighted by Gasteiger charge is -2.03. The van der Waals surface area contributed by atoms with Crippen molar-refractivity contribution in [1.82, 2.24) is 0 Å². The van der Waals surface area contributed by atoms with Gasteiger partial charge < -0.3 is 10.5 Å². The molecule has 104 valence electrons. The number of benzene rings is 2. The van der Waals surface area contributed by atoms with Crippen LogP contribution >= 0.6 is 0 Å². The fraction of sp³-hybridized carbons (Fsp3) is 0.111. The molecule has 2 rings (SSSR count). The summed E-state index contributed by atoms with van der Waals surface area (Å²) in [6.45, 7) is 8.18. The lowest BCUT2D eigenvalue weighted by atomic mass is 10.0. The van der Waals surface area contributed by atoms with E-state index in [9.17, 15) is 0 Å². The number of para-hydroxylation sites is 1. The van der Waals surface area contributed by atoms with E-state index in [-0.39, 0.29) is 0 Å². The third-order valence-corrected chi connectivity index (χ3v) is 2.52. The van der Waals surface area contributed by atoms with E-state index in [1.165, 1.54) is 5.56 Å². The highest BCUT2D eigenvalue weighted by Gasteiger charge is 1.98. The summed E-state index contributed by atoms with van der Waals surface area (Å²) >= 11 is 0. The molecule has 0 bridgehead atoms. The zero-order valence-electron chi connectivity index (χ0n) is 11.7. The van der Waals surface area contributed by atoms with Crippen LogP contribution in [0.3, 0.4) is 0 Å². The van der Waals surface area contributed by atoms with E-state index < -0.39 is 0 Å². The Hall–Kier alpha value is -2.32. The molecule has 2 aromatic carbocycles. The fourth-order valence-corrected chi connectivity index (χ4v) is 1.61. The van der Waals surface area contributed by atoms with Gasteiger partial charge in [-0.1, -0.05) is 60.7 Å². The van der Waals surface area contributed by atoms with Gasteiger partial charge in [0.25, 0.3) is 0 Å². The molecule has 0 heterocycles. The average molecular weight is 267 g/mol. The largest absolute Gasteiger partial charge is 0.398 e. The second-order valence-electron chi connectivity index (χ2n) is 4.07. The second kappa shape index (κ2) is 9.59. The number of anilines is 1. The van der Waals surface area contributed by atoms with Crippen LogP contribution in [0.15, 0.2) is 79.9 Å². The predicted octanol–water partition coefficient (Wildman–Crippen LogP) is 4.31. The van der Waals surface area contributed by atoms with Gasteiger partial charge in [0, 0.05) is 11.3 Å². The summed E-state index contributed by atoms with van der Waals surface area (Å²) in [5, 5.41) is 0. The Labute approximate surface area is 121 Å². The van der Waals surface area contributed by atoms with Gasteiger partial charge >= 0.3 is 0 Å². The van der Waals surface area contributed by atoms with Gasteiger partial charge in [-0.05, 0) is 11.6 Å². The summed E-state index contributed by atoms with van der Waals surface area (Å²) in [5.41, 5.74) is 8.95. The average Bonchev–Trinajstić information content (AvgIpc) is 2.50. The van der Waals surface area contributed by atoms with Crippen molar-refractivity contribution in [2.75, 3.05) is 18.9 Å². The Bertz CT molecular complexity index is 512. The minimum atomic E-state index is 0.617. The number of nitrogen functional groups attached to an aromatic ring is 1. The van der Waals surface area contributed by atoms with Crippen molar-refractivity contribution in [3.05, 3.63) is 79.9 Å². The van der Waals surface area contributed by atoms with Crippen molar-refractivity contribution in [2.24, 2.45) is 0 Å². The van der Waals surface area contributed by atoms with Crippen LogP contribution < -0.4 is 5.73 Å². The summed E-state index contributed by atoms with van der Waals surface area (Å²) in [6, 6.07) is 18.1. The van der Waals surface area contributed by atoms with Gasteiger partial charge in [0.1, 0.15) is 0 Å². The number of hydrogen-bond acceptors (Lipinski definition) is 2. The van der Waals surface area contributed by atoms with Crippen LogP contribution in [0.4, 0.5) is 5.69 Å². The first-order valence-electron chi connectivity index (χ1n) is 6.49. The van der Waals surface area contributed by atoms with Crippen molar-refractivity contribution in [3.8, 4) is 11.1 Å². The molecule has 0 aliphatic carbocycles. The van der Waals surface area contributed by atoms with E-state index in [2.05, 4.69) is 25.3 Å². The standard InChI is InChI=1S/C12H11N.C6H10O/c13-12-9-5-4-8-11(12)10-6-2-1-3-7-10;1-3-5-7-6-4-2/h1-9H,13H2;3-4H,1-2,5-6H2. The maximum absolute atomic E-state index is 5.85. The summed E-state index contributed by atoms with van der Waals surface area (Å²) in [7, 11) is 0. The molecule has 0 fully saturated rings. The fourth-order valence-electron chi connectivity index (χ4n) is 1.61. The van der Waals surface area contributed by atoms with E-state index in [0.717, 1.165) is 11.3 Å². The van der Waals surface area contributed by atoms with Crippen molar-refractivity contribution in [2.45, 2.75) is 0 Å². The molecule has 2 heteroatoms. The quantitative estimate of drug-likeness (QED) is 0.497. The SMILES string of the molecule is C=CCOCC=C.Nc1ccccc1-c1ccccc1. The number of ether oxygens (including phenoxy) is 1. The Morgan fingerprint density at radius 3 is 1.95 bits per heavy atom. The molecule has 0 radical (unpaired) electrons. The molecule has 2 N–H and O–H groups in total. The van der Waals surface area contributed by atoms with E-state index in [0.29, 0.717) is 13.2 Å². The normalized spacial score (nSPS) is 9.20. The number of rotatable bonds is 5. The van der Waals surface area contributed by atoms with Gasteiger partial charge in [-0.2, -0.15) is 0 Å². The Morgan fingerprint density at radius 1 is 0.850 bits per heavy atom. The Morgan fingerprint density at radius 2 is 1.40 bits per heavy atom. The van der Waals surface area contributed by atoms with Crippen LogP contribution in [0, 0.1) is 0 Å². The van der Waals surface area contributed by atoms with Crippen LogP contribution in [0.1, 0.15) is 0 Å². The molecule has 0 saturated carbocycles. The zero-order chi connectivity index (χ0) is 14.6. The molecule has 0 spiro atoms. The van der Waals surface area contributed by atoms with Gasteiger partial charge in [-0.25, -0.2) is 0 Å². The Kier molecular flexibility index (Phi) is 7.55. The highest BCUT2D eigenvalue weighted by atomic mass is 16.5. The monoisotopic (exact) mass is 267 g/mol.